The van der Waals surface area contributed by atoms with Crippen molar-refractivity contribution in [3.63, 3.8) is 0 Å². The largest absolute Gasteiger partial charge is 0.461 e. The molecule has 2 aromatic rings. The summed E-state index contributed by atoms with van der Waals surface area (Å²) in [7, 11) is -6.64. The second-order valence-corrected chi connectivity index (χ2v) is 34.8. The van der Waals surface area contributed by atoms with Crippen molar-refractivity contribution in [1.29, 1.82) is 0 Å². The minimum absolute atomic E-state index is 0.0864. The Kier molecular flexibility index (Phi) is 22.2. The molecular formula is C56H96O14Si2. The van der Waals surface area contributed by atoms with Gasteiger partial charge in [0.25, 0.3) is 0 Å². The molecule has 2 aliphatic rings. The Morgan fingerprint density at radius 2 is 0.819 bits per heavy atom. The summed E-state index contributed by atoms with van der Waals surface area (Å²) >= 11 is 0. The molecule has 0 aliphatic carbocycles. The van der Waals surface area contributed by atoms with E-state index >= 15 is 0 Å². The number of carbonyl (C=O) groups excluding carboxylic acids is 2. The average Bonchev–Trinajstić information content (AvgIpc) is 3.23. The predicted octanol–water partition coefficient (Wildman–Crippen LogP) is 10.2. The maximum absolute atomic E-state index is 13.1. The van der Waals surface area contributed by atoms with Crippen LogP contribution in [0.4, 0.5) is 0 Å². The van der Waals surface area contributed by atoms with Crippen molar-refractivity contribution in [3.8, 4) is 0 Å². The van der Waals surface area contributed by atoms with Gasteiger partial charge in [0.15, 0.2) is 0 Å². The van der Waals surface area contributed by atoms with Crippen LogP contribution in [0.5, 0.6) is 0 Å². The van der Waals surface area contributed by atoms with Gasteiger partial charge in [-0.3, -0.25) is 0 Å². The van der Waals surface area contributed by atoms with Crippen molar-refractivity contribution < 1.29 is 66.7 Å². The van der Waals surface area contributed by atoms with Crippen LogP contribution in [0, 0.1) is 11.8 Å². The minimum atomic E-state index is -3.32. The van der Waals surface area contributed by atoms with Gasteiger partial charge in [0, 0.05) is 44.8 Å². The van der Waals surface area contributed by atoms with Crippen LogP contribution < -0.4 is 0 Å². The summed E-state index contributed by atoms with van der Waals surface area (Å²) in [4.78, 5) is 26.1. The molecule has 2 aliphatic heterocycles. The number of benzene rings is 2. The van der Waals surface area contributed by atoms with E-state index in [0.717, 1.165) is 11.1 Å². The van der Waals surface area contributed by atoms with E-state index in [-0.39, 0.29) is 36.9 Å². The van der Waals surface area contributed by atoms with Crippen LogP contribution >= 0.6 is 0 Å². The van der Waals surface area contributed by atoms with E-state index in [9.17, 15) is 30.0 Å². The Balaban J connectivity index is 0.000000380. The van der Waals surface area contributed by atoms with Gasteiger partial charge in [0.05, 0.1) is 63.1 Å². The number of ether oxygens (including phenoxy) is 4. The van der Waals surface area contributed by atoms with E-state index in [1.54, 1.807) is 41.5 Å². The lowest BCUT2D eigenvalue weighted by Gasteiger charge is -2.56. The normalized spacial score (nSPS) is 28.3. The van der Waals surface area contributed by atoms with E-state index < -0.39 is 97.0 Å². The van der Waals surface area contributed by atoms with E-state index in [4.69, 9.17) is 36.7 Å². The molecule has 4 N–H and O–H groups in total. The van der Waals surface area contributed by atoms with Crippen LogP contribution in [-0.4, -0.2) is 123 Å². The molecule has 2 fully saturated rings. The Bertz CT molecular complexity index is 1800. The van der Waals surface area contributed by atoms with Gasteiger partial charge in [0.1, 0.15) is 23.4 Å². The molecular weight excluding hydrogens is 953 g/mol. The van der Waals surface area contributed by atoms with E-state index in [1.165, 1.54) is 0 Å². The molecule has 2 saturated heterocycles. The first-order chi connectivity index (χ1) is 32.8. The highest BCUT2D eigenvalue weighted by Gasteiger charge is 2.66. The molecule has 2 aromatic carbocycles. The third-order valence-corrected chi connectivity index (χ3v) is 24.1. The topological polar surface area (TPSA) is 189 Å². The lowest BCUT2D eigenvalue weighted by molar-refractivity contribution is -0.191. The SMILES string of the molecule is CC(C)OC(=O)[C@@H]1C[C@H](O)[C@@](C)(O)[C@@H]([C@H](C)COCc2ccccc2)O[Si](C(C)(C)C)(C(C)(C)C)O1.CC(C)OC(=O)[C@@H]1C[C@H](O)[C@@](C)(O)[C@@H]([C@H](C)COCc2ccccc2)O[Si](C(C)(C)C)(C(C)(C)C)O1. The molecule has 16 heteroatoms. The molecule has 0 amide bonds. The Morgan fingerprint density at radius 3 is 1.07 bits per heavy atom. The number of rotatable bonds is 14. The molecule has 4 rings (SSSR count). The number of hydrogen-bond donors (Lipinski definition) is 4. The van der Waals surface area contributed by atoms with Crippen LogP contribution in [0.3, 0.4) is 0 Å². The van der Waals surface area contributed by atoms with Crippen molar-refractivity contribution in [2.75, 3.05) is 13.2 Å². The number of carbonyl (C=O) groups is 2. The first-order valence-corrected chi connectivity index (χ1v) is 29.6. The van der Waals surface area contributed by atoms with E-state index in [2.05, 4.69) is 83.1 Å². The zero-order chi connectivity index (χ0) is 55.1. The highest BCUT2D eigenvalue weighted by atomic mass is 28.4. The fraction of sp³-hybridized carbons (Fsp3) is 0.750. The van der Waals surface area contributed by atoms with Gasteiger partial charge in [-0.2, -0.15) is 0 Å². The van der Waals surface area contributed by atoms with Crippen molar-refractivity contribution in [1.82, 2.24) is 0 Å². The number of aliphatic hydroxyl groups is 4. The summed E-state index contributed by atoms with van der Waals surface area (Å²) in [6, 6.07) is 19.8. The summed E-state index contributed by atoms with van der Waals surface area (Å²) in [5, 5.41) is 43.9. The molecule has 0 saturated carbocycles. The molecule has 0 aromatic heterocycles. The first kappa shape index (κ1) is 63.7. The lowest BCUT2D eigenvalue weighted by atomic mass is 9.83. The van der Waals surface area contributed by atoms with Gasteiger partial charge in [-0.1, -0.05) is 158 Å². The highest BCUT2D eigenvalue weighted by molar-refractivity contribution is 6.74. The van der Waals surface area contributed by atoms with Gasteiger partial charge < -0.3 is 57.1 Å². The van der Waals surface area contributed by atoms with Gasteiger partial charge in [-0.05, 0) is 52.7 Å². The van der Waals surface area contributed by atoms with E-state index in [0.29, 0.717) is 26.4 Å². The molecule has 412 valence electrons. The summed E-state index contributed by atoms with van der Waals surface area (Å²) in [6.07, 6.45) is -7.04. The fourth-order valence-electron chi connectivity index (χ4n) is 10.4. The summed E-state index contributed by atoms with van der Waals surface area (Å²) in [5.74, 6) is -1.63. The Hall–Kier alpha value is -2.59. The third-order valence-electron chi connectivity index (χ3n) is 13.8. The molecule has 10 atom stereocenters. The van der Waals surface area contributed by atoms with Gasteiger partial charge in [0.2, 0.25) is 0 Å². The molecule has 72 heavy (non-hydrogen) atoms. The second-order valence-electron chi connectivity index (χ2n) is 25.4. The predicted molar refractivity (Wildman–Crippen MR) is 285 cm³/mol. The standard InChI is InChI=1S/2C28H48O7Si/c2*1-19(2)33-25(30)22-16-23(29)28(10,31)24(20(3)17-32-18-21-14-12-11-13-15-21)35-36(34-22,26(4,5)6)27(7,8)9/h2*11-15,19-20,22-24,29,31H,16-18H2,1-10H3/t2*20-,22+,23+,24-,28-/m11/s1. The highest BCUT2D eigenvalue weighted by Crippen LogP contribution is 2.57. The monoisotopic (exact) mass is 1050 g/mol. The molecule has 0 bridgehead atoms. The van der Waals surface area contributed by atoms with Crippen molar-refractivity contribution >= 4 is 29.1 Å². The zero-order valence-corrected chi connectivity index (χ0v) is 49.7. The number of aliphatic hydroxyl groups excluding tert-OH is 2. The van der Waals surface area contributed by atoms with Crippen LogP contribution in [-0.2, 0) is 59.5 Å². The van der Waals surface area contributed by atoms with Gasteiger partial charge >= 0.3 is 29.1 Å². The molecule has 0 spiro atoms. The molecule has 14 nitrogen and oxygen atoms in total. The number of esters is 2. The Morgan fingerprint density at radius 1 is 0.542 bits per heavy atom. The second kappa shape index (κ2) is 25.0. The smallest absolute Gasteiger partial charge is 0.350 e. The molecule has 0 unspecified atom stereocenters. The Labute approximate surface area is 435 Å². The minimum Gasteiger partial charge on any atom is -0.461 e. The van der Waals surface area contributed by atoms with Gasteiger partial charge in [-0.25, -0.2) is 9.59 Å². The summed E-state index contributed by atoms with van der Waals surface area (Å²) in [6.45, 7) is 40.3. The average molecular weight is 1050 g/mol. The quantitative estimate of drug-likeness (QED) is 0.103. The fourth-order valence-corrected chi connectivity index (χ4v) is 20.7. The van der Waals surface area contributed by atoms with E-state index in [1.807, 2.05) is 74.5 Å². The van der Waals surface area contributed by atoms with Crippen molar-refractivity contribution in [3.05, 3.63) is 71.8 Å². The van der Waals surface area contributed by atoms with Gasteiger partial charge in [-0.15, -0.1) is 0 Å². The molecule has 0 radical (unpaired) electrons. The van der Waals surface area contributed by atoms with Crippen LogP contribution in [0.2, 0.25) is 20.2 Å². The first-order valence-electron chi connectivity index (χ1n) is 26.0. The number of hydrogen-bond acceptors (Lipinski definition) is 14. The lowest BCUT2D eigenvalue weighted by Crippen LogP contribution is -2.68. The van der Waals surface area contributed by atoms with Crippen molar-refractivity contribution in [2.45, 2.75) is 245 Å². The van der Waals surface area contributed by atoms with Crippen LogP contribution in [0.15, 0.2) is 60.7 Å². The van der Waals surface area contributed by atoms with Crippen LogP contribution in [0.25, 0.3) is 0 Å². The van der Waals surface area contributed by atoms with Crippen LogP contribution in [0.1, 0.15) is 162 Å². The maximum atomic E-state index is 13.1. The third kappa shape index (κ3) is 15.7. The summed E-state index contributed by atoms with van der Waals surface area (Å²) < 4.78 is 50.3. The molecule has 2 heterocycles. The zero-order valence-electron chi connectivity index (χ0n) is 47.7. The van der Waals surface area contributed by atoms with Crippen molar-refractivity contribution in [2.24, 2.45) is 11.8 Å². The maximum Gasteiger partial charge on any atom is 0.350 e. The summed E-state index contributed by atoms with van der Waals surface area (Å²) in [5.41, 5.74) is -1.19.